The molecule has 0 rings (SSSR count). The average molecular weight is 150 g/mol. The molecule has 9 heavy (non-hydrogen) atoms. The van der Waals surface area contributed by atoms with Gasteiger partial charge in [-0.25, -0.2) is 4.79 Å². The van der Waals surface area contributed by atoms with Gasteiger partial charge in [-0.2, -0.15) is 0 Å². The van der Waals surface area contributed by atoms with Crippen LogP contribution in [0.2, 0.25) is 0 Å². The molecule has 52 valence electrons. The number of hydrogen-bond acceptors (Lipinski definition) is 2. The number of hydrogen-bond donors (Lipinski definition) is 2. The summed E-state index contributed by atoms with van der Waals surface area (Å²) in [5.74, 6) is 0.738. The Morgan fingerprint density at radius 3 is 2.22 bits per heavy atom. The highest BCUT2D eigenvalue weighted by molar-refractivity contribution is 5.85. The summed E-state index contributed by atoms with van der Waals surface area (Å²) in [5.41, 5.74) is 3.51. The van der Waals surface area contributed by atoms with Crippen LogP contribution in [0, 0.1) is 12.3 Å². The van der Waals surface area contributed by atoms with Crippen molar-refractivity contribution in [1.82, 2.24) is 0 Å². The van der Waals surface area contributed by atoms with Gasteiger partial charge in [0.1, 0.15) is 0 Å². The van der Waals surface area contributed by atoms with Crippen LogP contribution >= 0.6 is 12.4 Å². The molecule has 0 amide bonds. The summed E-state index contributed by atoms with van der Waals surface area (Å²) >= 11 is 0. The number of terminal acetylenes is 1. The highest BCUT2D eigenvalue weighted by Crippen LogP contribution is 1.93. The molecule has 0 radical (unpaired) electrons. The van der Waals surface area contributed by atoms with Crippen LogP contribution in [0.3, 0.4) is 0 Å². The molecule has 0 bridgehead atoms. The van der Waals surface area contributed by atoms with E-state index in [0.717, 1.165) is 0 Å². The standard InChI is InChI=1S/C5H7NO2.ClH/c1-3-5(2,6)4(7)8;/h1H,6H2,2H3,(H,7,8);1H. The molecular formula is C5H8ClNO2. The van der Waals surface area contributed by atoms with Gasteiger partial charge >= 0.3 is 5.97 Å². The van der Waals surface area contributed by atoms with Crippen LogP contribution in [0.5, 0.6) is 0 Å². The Morgan fingerprint density at radius 1 is 1.89 bits per heavy atom. The van der Waals surface area contributed by atoms with E-state index in [-0.39, 0.29) is 12.4 Å². The third-order valence-corrected chi connectivity index (χ3v) is 0.744. The van der Waals surface area contributed by atoms with Crippen LogP contribution in [-0.2, 0) is 4.79 Å². The Hall–Kier alpha value is -0.720. The lowest BCUT2D eigenvalue weighted by Gasteiger charge is -2.08. The molecule has 0 fully saturated rings. The van der Waals surface area contributed by atoms with Gasteiger partial charge in [-0.1, -0.05) is 5.92 Å². The summed E-state index contributed by atoms with van der Waals surface area (Å²) in [5, 5.41) is 8.17. The first kappa shape index (κ1) is 11.1. The summed E-state index contributed by atoms with van der Waals surface area (Å²) in [7, 11) is 0. The van der Waals surface area contributed by atoms with Crippen LogP contribution in [-0.4, -0.2) is 16.6 Å². The summed E-state index contributed by atoms with van der Waals surface area (Å²) < 4.78 is 0. The summed E-state index contributed by atoms with van der Waals surface area (Å²) in [6, 6.07) is 0. The van der Waals surface area contributed by atoms with E-state index in [1.807, 2.05) is 5.92 Å². The highest BCUT2D eigenvalue weighted by atomic mass is 35.5. The second-order valence-corrected chi connectivity index (χ2v) is 1.65. The van der Waals surface area contributed by atoms with Crippen molar-refractivity contribution in [2.75, 3.05) is 0 Å². The van der Waals surface area contributed by atoms with Gasteiger partial charge in [0.2, 0.25) is 0 Å². The van der Waals surface area contributed by atoms with Crippen LogP contribution in [0.1, 0.15) is 6.92 Å². The SMILES string of the molecule is C#CC(C)(N)C(=O)O.Cl. The van der Waals surface area contributed by atoms with E-state index in [2.05, 4.69) is 0 Å². The molecule has 0 aromatic carbocycles. The Kier molecular flexibility index (Phi) is 4.12. The first-order valence-corrected chi connectivity index (χ1v) is 2.01. The van der Waals surface area contributed by atoms with Gasteiger partial charge in [0, 0.05) is 0 Å². The van der Waals surface area contributed by atoms with Crippen LogP contribution < -0.4 is 5.73 Å². The Morgan fingerprint density at radius 2 is 2.22 bits per heavy atom. The molecule has 0 aromatic heterocycles. The zero-order chi connectivity index (χ0) is 6.78. The first-order chi connectivity index (χ1) is 3.50. The third kappa shape index (κ3) is 2.96. The number of carbonyl (C=O) groups is 1. The predicted molar refractivity (Wildman–Crippen MR) is 36.3 cm³/mol. The highest BCUT2D eigenvalue weighted by Gasteiger charge is 2.23. The number of halogens is 1. The van der Waals surface area contributed by atoms with Crippen molar-refractivity contribution in [3.63, 3.8) is 0 Å². The van der Waals surface area contributed by atoms with Gasteiger partial charge < -0.3 is 10.8 Å². The van der Waals surface area contributed by atoms with Crippen LogP contribution in [0.4, 0.5) is 0 Å². The summed E-state index contributed by atoms with van der Waals surface area (Å²) in [6.07, 6.45) is 4.75. The topological polar surface area (TPSA) is 63.3 Å². The molecule has 0 spiro atoms. The number of carboxylic acids is 1. The monoisotopic (exact) mass is 149 g/mol. The van der Waals surface area contributed by atoms with Gasteiger partial charge in [0.15, 0.2) is 5.54 Å². The molecule has 0 saturated heterocycles. The second kappa shape index (κ2) is 3.33. The second-order valence-electron chi connectivity index (χ2n) is 1.65. The normalized spacial score (nSPS) is 14.3. The van der Waals surface area contributed by atoms with Crippen molar-refractivity contribution < 1.29 is 9.90 Å². The number of nitrogens with two attached hydrogens (primary N) is 1. The van der Waals surface area contributed by atoms with E-state index < -0.39 is 11.5 Å². The van der Waals surface area contributed by atoms with E-state index >= 15 is 0 Å². The molecular weight excluding hydrogens is 142 g/mol. The summed E-state index contributed by atoms with van der Waals surface area (Å²) in [4.78, 5) is 9.98. The number of aliphatic carboxylic acids is 1. The van der Waals surface area contributed by atoms with Gasteiger partial charge in [0.25, 0.3) is 0 Å². The van der Waals surface area contributed by atoms with Crippen molar-refractivity contribution >= 4 is 18.4 Å². The predicted octanol–water partition coefficient (Wildman–Crippen LogP) is -0.157. The maximum Gasteiger partial charge on any atom is 0.335 e. The fourth-order valence-electron chi connectivity index (χ4n) is 0.0617. The Balaban J connectivity index is 0. The fraction of sp³-hybridized carbons (Fsp3) is 0.400. The van der Waals surface area contributed by atoms with Crippen molar-refractivity contribution in [3.05, 3.63) is 0 Å². The minimum atomic E-state index is -1.51. The van der Waals surface area contributed by atoms with Crippen LogP contribution in [0.25, 0.3) is 0 Å². The third-order valence-electron chi connectivity index (χ3n) is 0.744. The smallest absolute Gasteiger partial charge is 0.335 e. The Labute approximate surface area is 59.6 Å². The van der Waals surface area contributed by atoms with E-state index in [9.17, 15) is 4.79 Å². The lowest BCUT2D eigenvalue weighted by atomic mass is 10.1. The van der Waals surface area contributed by atoms with E-state index in [1.165, 1.54) is 6.92 Å². The molecule has 0 saturated carbocycles. The molecule has 0 aromatic rings. The zero-order valence-corrected chi connectivity index (χ0v) is 5.73. The largest absolute Gasteiger partial charge is 0.479 e. The zero-order valence-electron chi connectivity index (χ0n) is 4.92. The number of rotatable bonds is 1. The molecule has 0 aliphatic carbocycles. The molecule has 0 aliphatic rings. The van der Waals surface area contributed by atoms with E-state index in [1.54, 1.807) is 0 Å². The van der Waals surface area contributed by atoms with Gasteiger partial charge in [-0.05, 0) is 6.92 Å². The van der Waals surface area contributed by atoms with Gasteiger partial charge in [0.05, 0.1) is 0 Å². The summed E-state index contributed by atoms with van der Waals surface area (Å²) in [6.45, 7) is 1.26. The molecule has 4 heteroatoms. The number of carboxylic acid groups (broad SMARTS) is 1. The maximum atomic E-state index is 9.98. The maximum absolute atomic E-state index is 9.98. The molecule has 1 unspecified atom stereocenters. The van der Waals surface area contributed by atoms with Crippen molar-refractivity contribution in [2.45, 2.75) is 12.5 Å². The molecule has 1 atom stereocenters. The molecule has 3 N–H and O–H groups in total. The first-order valence-electron chi connectivity index (χ1n) is 2.01. The fourth-order valence-corrected chi connectivity index (χ4v) is 0.0617. The van der Waals surface area contributed by atoms with E-state index in [4.69, 9.17) is 17.3 Å². The lowest BCUT2D eigenvalue weighted by molar-refractivity contribution is -0.140. The van der Waals surface area contributed by atoms with Crippen molar-refractivity contribution in [1.29, 1.82) is 0 Å². The Bertz CT molecular complexity index is 148. The van der Waals surface area contributed by atoms with Gasteiger partial charge in [-0.3, -0.25) is 0 Å². The molecule has 3 nitrogen and oxygen atoms in total. The van der Waals surface area contributed by atoms with Crippen molar-refractivity contribution in [2.24, 2.45) is 5.73 Å². The lowest BCUT2D eigenvalue weighted by Crippen LogP contribution is -2.42. The van der Waals surface area contributed by atoms with Gasteiger partial charge in [-0.15, -0.1) is 18.8 Å². The van der Waals surface area contributed by atoms with Crippen LogP contribution in [0.15, 0.2) is 0 Å². The minimum Gasteiger partial charge on any atom is -0.479 e. The average Bonchev–Trinajstić information content (AvgIpc) is 1.67. The molecule has 0 aliphatic heterocycles. The molecule has 0 heterocycles. The minimum absolute atomic E-state index is 0. The van der Waals surface area contributed by atoms with Crippen molar-refractivity contribution in [3.8, 4) is 12.3 Å². The quantitative estimate of drug-likeness (QED) is 0.510. The van der Waals surface area contributed by atoms with E-state index in [0.29, 0.717) is 0 Å².